The zero-order chi connectivity index (χ0) is 14.5. The molecule has 0 heterocycles. The normalized spacial score (nSPS) is 22.4. The van der Waals surface area contributed by atoms with Crippen molar-refractivity contribution in [3.05, 3.63) is 0 Å². The first-order chi connectivity index (χ1) is 8.90. The van der Waals surface area contributed by atoms with Gasteiger partial charge >= 0.3 is 0 Å². The van der Waals surface area contributed by atoms with Crippen LogP contribution in [-0.2, 0) is 10.0 Å². The summed E-state index contributed by atoms with van der Waals surface area (Å²) in [7, 11) is 0.308. The third-order valence-corrected chi connectivity index (χ3v) is 5.30. The van der Waals surface area contributed by atoms with Crippen molar-refractivity contribution in [3.63, 3.8) is 0 Å². The number of hydrogen-bond donors (Lipinski definition) is 2. The minimum Gasteiger partial charge on any atom is -0.356 e. The van der Waals surface area contributed by atoms with E-state index in [4.69, 9.17) is 0 Å². The lowest BCUT2D eigenvalue weighted by molar-refractivity contribution is 0.461. The smallest absolute Gasteiger partial charge is 0.213 e. The van der Waals surface area contributed by atoms with Gasteiger partial charge in [0, 0.05) is 33.2 Å². The molecule has 2 atom stereocenters. The molecule has 1 aliphatic carbocycles. The van der Waals surface area contributed by atoms with Gasteiger partial charge in [0.2, 0.25) is 10.0 Å². The summed E-state index contributed by atoms with van der Waals surface area (Å²) >= 11 is 0. The molecule has 2 N–H and O–H groups in total. The summed E-state index contributed by atoms with van der Waals surface area (Å²) < 4.78 is 24.5. The van der Waals surface area contributed by atoms with Crippen LogP contribution in [0.2, 0.25) is 0 Å². The maximum absolute atomic E-state index is 11.5. The first kappa shape index (κ1) is 19.9. The van der Waals surface area contributed by atoms with Crippen LogP contribution in [0.15, 0.2) is 4.99 Å². The summed E-state index contributed by atoms with van der Waals surface area (Å²) in [6.45, 7) is 5.10. The first-order valence-corrected chi connectivity index (χ1v) is 8.42. The topological polar surface area (TPSA) is 73.8 Å². The number of sulfonamides is 1. The highest BCUT2D eigenvalue weighted by molar-refractivity contribution is 14.0. The Labute approximate surface area is 139 Å². The van der Waals surface area contributed by atoms with Gasteiger partial charge in [0.25, 0.3) is 0 Å². The van der Waals surface area contributed by atoms with Crippen molar-refractivity contribution >= 4 is 40.0 Å². The van der Waals surface area contributed by atoms with Crippen LogP contribution < -0.4 is 10.6 Å². The van der Waals surface area contributed by atoms with Gasteiger partial charge in [-0.05, 0) is 25.7 Å². The van der Waals surface area contributed by atoms with E-state index in [9.17, 15) is 8.42 Å². The minimum absolute atomic E-state index is 0. The van der Waals surface area contributed by atoms with Gasteiger partial charge in [0.05, 0.1) is 5.75 Å². The van der Waals surface area contributed by atoms with Crippen LogP contribution in [-0.4, -0.2) is 57.7 Å². The Morgan fingerprint density at radius 1 is 1.45 bits per heavy atom. The number of hydrogen-bond acceptors (Lipinski definition) is 3. The number of nitrogens with zero attached hydrogens (tertiary/aromatic N) is 2. The van der Waals surface area contributed by atoms with E-state index in [-0.39, 0.29) is 29.7 Å². The molecule has 6 nitrogen and oxygen atoms in total. The number of halogens is 1. The third kappa shape index (κ3) is 6.57. The molecular weight excluding hydrogens is 391 g/mol. The molecular formula is C12H27IN4O2S. The summed E-state index contributed by atoms with van der Waals surface area (Å²) in [5.74, 6) is 1.68. The van der Waals surface area contributed by atoms with Gasteiger partial charge in [-0.2, -0.15) is 0 Å². The van der Waals surface area contributed by atoms with Crippen molar-refractivity contribution in [2.75, 3.05) is 32.9 Å². The molecule has 0 aromatic carbocycles. The number of aliphatic imine (C=N–C) groups is 1. The Morgan fingerprint density at radius 2 is 2.05 bits per heavy atom. The Bertz CT molecular complexity index is 414. The average Bonchev–Trinajstić information content (AvgIpc) is 3.08. The number of nitrogens with one attached hydrogen (secondary N) is 2. The highest BCUT2D eigenvalue weighted by Crippen LogP contribution is 2.28. The zero-order valence-electron chi connectivity index (χ0n) is 12.7. The molecule has 1 fully saturated rings. The molecule has 1 rings (SSSR count). The summed E-state index contributed by atoms with van der Waals surface area (Å²) in [6, 6.07) is 0.536. The average molecular weight is 418 g/mol. The summed E-state index contributed by atoms with van der Waals surface area (Å²) in [5.41, 5.74) is 0. The highest BCUT2D eigenvalue weighted by Gasteiger charge is 2.33. The monoisotopic (exact) mass is 418 g/mol. The van der Waals surface area contributed by atoms with Gasteiger partial charge in [0.15, 0.2) is 5.96 Å². The molecule has 0 spiro atoms. The van der Waals surface area contributed by atoms with Crippen molar-refractivity contribution in [1.29, 1.82) is 0 Å². The molecule has 0 radical (unpaired) electrons. The molecule has 0 bridgehead atoms. The maximum atomic E-state index is 11.5. The van der Waals surface area contributed by atoms with E-state index in [0.29, 0.717) is 19.1 Å². The van der Waals surface area contributed by atoms with Crippen molar-refractivity contribution in [2.45, 2.75) is 32.7 Å². The Balaban J connectivity index is 0.00000361. The molecule has 0 aromatic heterocycles. The van der Waals surface area contributed by atoms with Gasteiger partial charge in [-0.25, -0.2) is 12.7 Å². The third-order valence-electron chi connectivity index (χ3n) is 3.44. The van der Waals surface area contributed by atoms with Crippen LogP contribution in [0.4, 0.5) is 0 Å². The minimum atomic E-state index is -3.06. The predicted molar refractivity (Wildman–Crippen MR) is 94.2 cm³/mol. The molecule has 0 saturated heterocycles. The molecule has 1 aliphatic rings. The molecule has 20 heavy (non-hydrogen) atoms. The Morgan fingerprint density at radius 3 is 2.50 bits per heavy atom. The highest BCUT2D eigenvalue weighted by atomic mass is 127. The van der Waals surface area contributed by atoms with Crippen LogP contribution in [0.3, 0.4) is 0 Å². The SMILES string of the molecule is CCS(=O)(=O)N(C)CCCNC(=NC)NC1CC1C.I. The number of rotatable bonds is 7. The van der Waals surface area contributed by atoms with E-state index in [1.807, 2.05) is 0 Å². The largest absolute Gasteiger partial charge is 0.356 e. The van der Waals surface area contributed by atoms with Gasteiger partial charge in [-0.1, -0.05) is 6.92 Å². The van der Waals surface area contributed by atoms with E-state index < -0.39 is 10.0 Å². The molecule has 0 amide bonds. The molecule has 8 heteroatoms. The quantitative estimate of drug-likeness (QED) is 0.278. The van der Waals surface area contributed by atoms with E-state index >= 15 is 0 Å². The van der Waals surface area contributed by atoms with E-state index in [0.717, 1.165) is 18.3 Å². The van der Waals surface area contributed by atoms with Crippen molar-refractivity contribution < 1.29 is 8.42 Å². The fourth-order valence-corrected chi connectivity index (χ4v) is 2.61. The summed E-state index contributed by atoms with van der Waals surface area (Å²) in [5, 5.41) is 6.53. The van der Waals surface area contributed by atoms with E-state index in [2.05, 4.69) is 22.5 Å². The van der Waals surface area contributed by atoms with Crippen LogP contribution in [0, 0.1) is 5.92 Å². The zero-order valence-corrected chi connectivity index (χ0v) is 15.9. The molecule has 0 aromatic rings. The lowest BCUT2D eigenvalue weighted by Crippen LogP contribution is -2.40. The van der Waals surface area contributed by atoms with Gasteiger partial charge in [-0.15, -0.1) is 24.0 Å². The van der Waals surface area contributed by atoms with Crippen LogP contribution in [0.5, 0.6) is 0 Å². The standard InChI is InChI=1S/C12H26N4O2S.HI/c1-5-19(17,18)16(4)8-6-7-14-12(13-3)15-11-9-10(11)2;/h10-11H,5-9H2,1-4H3,(H2,13,14,15);1H. The van der Waals surface area contributed by atoms with E-state index in [1.165, 1.54) is 10.7 Å². The predicted octanol–water partition coefficient (Wildman–Crippen LogP) is 0.849. The summed E-state index contributed by atoms with van der Waals surface area (Å²) in [6.07, 6.45) is 1.95. The van der Waals surface area contributed by atoms with Crippen LogP contribution in [0.1, 0.15) is 26.7 Å². The van der Waals surface area contributed by atoms with Crippen molar-refractivity contribution in [1.82, 2.24) is 14.9 Å². The first-order valence-electron chi connectivity index (χ1n) is 6.82. The molecule has 2 unspecified atom stereocenters. The second kappa shape index (κ2) is 9.04. The fraction of sp³-hybridized carbons (Fsp3) is 0.917. The second-order valence-corrected chi connectivity index (χ2v) is 7.40. The molecule has 1 saturated carbocycles. The maximum Gasteiger partial charge on any atom is 0.213 e. The van der Waals surface area contributed by atoms with Gasteiger partial charge < -0.3 is 10.6 Å². The van der Waals surface area contributed by atoms with Gasteiger partial charge in [-0.3, -0.25) is 4.99 Å². The van der Waals surface area contributed by atoms with Crippen LogP contribution >= 0.6 is 24.0 Å². The van der Waals surface area contributed by atoms with Crippen molar-refractivity contribution in [2.24, 2.45) is 10.9 Å². The Hall–Kier alpha value is -0.0900. The van der Waals surface area contributed by atoms with Crippen molar-refractivity contribution in [3.8, 4) is 0 Å². The lowest BCUT2D eigenvalue weighted by atomic mass is 10.4. The summed E-state index contributed by atoms with van der Waals surface area (Å²) in [4.78, 5) is 4.15. The van der Waals surface area contributed by atoms with Gasteiger partial charge in [0.1, 0.15) is 0 Å². The lowest BCUT2D eigenvalue weighted by Gasteiger charge is -2.16. The Kier molecular flexibility index (Phi) is 8.99. The van der Waals surface area contributed by atoms with Crippen LogP contribution in [0.25, 0.3) is 0 Å². The second-order valence-electron chi connectivity index (χ2n) is 5.04. The fourth-order valence-electron chi connectivity index (χ4n) is 1.76. The number of guanidine groups is 1. The molecule has 120 valence electrons. The van der Waals surface area contributed by atoms with E-state index in [1.54, 1.807) is 21.0 Å². The molecule has 0 aliphatic heterocycles.